The van der Waals surface area contributed by atoms with E-state index in [0.29, 0.717) is 5.56 Å². The molecular formula is C11H14KO2. The van der Waals surface area contributed by atoms with Gasteiger partial charge < -0.3 is 5.11 Å². The molecule has 0 fully saturated rings. The van der Waals surface area contributed by atoms with Crippen molar-refractivity contribution >= 4 is 57.4 Å². The molecular weight excluding hydrogens is 203 g/mol. The molecule has 0 saturated heterocycles. The number of rotatable bonds is 1. The van der Waals surface area contributed by atoms with Gasteiger partial charge in [-0.15, -0.1) is 0 Å². The molecule has 1 aromatic rings. The van der Waals surface area contributed by atoms with Gasteiger partial charge in [-0.2, -0.15) is 0 Å². The van der Waals surface area contributed by atoms with E-state index in [1.165, 1.54) is 0 Å². The Balaban J connectivity index is 0.00000169. The molecule has 0 heterocycles. The number of carboxylic acid groups (broad SMARTS) is 1. The molecule has 14 heavy (non-hydrogen) atoms. The SMILES string of the molecule is CC(C)(C)c1ccc(C(=O)O)cc1.[K]. The first-order chi connectivity index (χ1) is 5.91. The molecule has 0 aliphatic rings. The maximum Gasteiger partial charge on any atom is 0.335 e. The Morgan fingerprint density at radius 1 is 1.14 bits per heavy atom. The van der Waals surface area contributed by atoms with Crippen molar-refractivity contribution in [3.05, 3.63) is 35.4 Å². The average molecular weight is 217 g/mol. The van der Waals surface area contributed by atoms with Crippen molar-refractivity contribution in [3.63, 3.8) is 0 Å². The first kappa shape index (κ1) is 14.3. The van der Waals surface area contributed by atoms with Crippen molar-refractivity contribution in [2.45, 2.75) is 26.2 Å². The van der Waals surface area contributed by atoms with E-state index in [0.717, 1.165) is 5.56 Å². The fourth-order valence-corrected chi connectivity index (χ4v) is 1.11. The van der Waals surface area contributed by atoms with Crippen LogP contribution in [0.3, 0.4) is 0 Å². The van der Waals surface area contributed by atoms with E-state index in [1.807, 2.05) is 12.1 Å². The fourth-order valence-electron chi connectivity index (χ4n) is 1.11. The third kappa shape index (κ3) is 3.83. The monoisotopic (exact) mass is 217 g/mol. The van der Waals surface area contributed by atoms with Crippen molar-refractivity contribution in [2.24, 2.45) is 0 Å². The van der Waals surface area contributed by atoms with Gasteiger partial charge in [0.2, 0.25) is 0 Å². The van der Waals surface area contributed by atoms with Crippen LogP contribution in [0.1, 0.15) is 36.7 Å². The van der Waals surface area contributed by atoms with Crippen molar-refractivity contribution in [1.29, 1.82) is 0 Å². The minimum atomic E-state index is -0.875. The van der Waals surface area contributed by atoms with Crippen molar-refractivity contribution in [1.82, 2.24) is 0 Å². The van der Waals surface area contributed by atoms with Crippen LogP contribution < -0.4 is 0 Å². The molecule has 1 aromatic carbocycles. The number of hydrogen-bond donors (Lipinski definition) is 1. The van der Waals surface area contributed by atoms with Crippen LogP contribution in [-0.2, 0) is 5.41 Å². The zero-order valence-electron chi connectivity index (χ0n) is 9.16. The number of benzene rings is 1. The molecule has 71 valence electrons. The Morgan fingerprint density at radius 3 is 1.86 bits per heavy atom. The molecule has 2 nitrogen and oxygen atoms in total. The van der Waals surface area contributed by atoms with Crippen molar-refractivity contribution in [2.75, 3.05) is 0 Å². The van der Waals surface area contributed by atoms with Gasteiger partial charge >= 0.3 is 5.97 Å². The van der Waals surface area contributed by atoms with Gasteiger partial charge in [0.1, 0.15) is 0 Å². The molecule has 0 bridgehead atoms. The number of carbonyl (C=O) groups is 1. The molecule has 0 amide bonds. The predicted molar refractivity (Wildman–Crippen MR) is 57.9 cm³/mol. The van der Waals surface area contributed by atoms with Crippen LogP contribution in [0.2, 0.25) is 0 Å². The summed E-state index contributed by atoms with van der Waals surface area (Å²) in [5.41, 5.74) is 1.57. The molecule has 0 aromatic heterocycles. The summed E-state index contributed by atoms with van der Waals surface area (Å²) >= 11 is 0. The van der Waals surface area contributed by atoms with Crippen LogP contribution in [0.25, 0.3) is 0 Å². The standard InChI is InChI=1S/C11H14O2.K/c1-11(2,3)9-6-4-8(5-7-9)10(12)13;/h4-7H,1-3H3,(H,12,13);. The normalized spacial score (nSPS) is 10.5. The quantitative estimate of drug-likeness (QED) is 0.733. The number of carboxylic acids is 1. The maximum absolute atomic E-state index is 10.6. The summed E-state index contributed by atoms with van der Waals surface area (Å²) in [6.07, 6.45) is 0. The third-order valence-electron chi connectivity index (χ3n) is 2.00. The molecule has 0 aliphatic carbocycles. The van der Waals surface area contributed by atoms with Crippen LogP contribution in [0.15, 0.2) is 24.3 Å². The fraction of sp³-hybridized carbons (Fsp3) is 0.364. The minimum absolute atomic E-state index is 0. The summed E-state index contributed by atoms with van der Waals surface area (Å²) in [7, 11) is 0. The predicted octanol–water partition coefficient (Wildman–Crippen LogP) is 2.30. The summed E-state index contributed by atoms with van der Waals surface area (Å²) in [4.78, 5) is 10.6. The zero-order valence-corrected chi connectivity index (χ0v) is 12.3. The smallest absolute Gasteiger partial charge is 0.335 e. The zero-order chi connectivity index (χ0) is 10.1. The second-order valence-electron chi connectivity index (χ2n) is 4.13. The Bertz CT molecular complexity index is 309. The topological polar surface area (TPSA) is 37.3 Å². The second-order valence-corrected chi connectivity index (χ2v) is 4.13. The largest absolute Gasteiger partial charge is 0.478 e. The van der Waals surface area contributed by atoms with Gasteiger partial charge in [-0.25, -0.2) is 4.79 Å². The second kappa shape index (κ2) is 5.42. The maximum atomic E-state index is 10.6. The van der Waals surface area contributed by atoms with Crippen molar-refractivity contribution in [3.8, 4) is 0 Å². The van der Waals surface area contributed by atoms with Gasteiger partial charge in [-0.3, -0.25) is 0 Å². The van der Waals surface area contributed by atoms with E-state index in [4.69, 9.17) is 5.11 Å². The molecule has 3 heteroatoms. The van der Waals surface area contributed by atoms with E-state index >= 15 is 0 Å². The van der Waals surface area contributed by atoms with Gasteiger partial charge in [0.25, 0.3) is 0 Å². The van der Waals surface area contributed by atoms with E-state index in [-0.39, 0.29) is 56.8 Å². The Labute approximate surface area is 127 Å². The molecule has 1 N–H and O–H groups in total. The van der Waals surface area contributed by atoms with Crippen LogP contribution >= 0.6 is 0 Å². The Kier molecular flexibility index (Phi) is 5.55. The third-order valence-corrected chi connectivity index (χ3v) is 2.00. The minimum Gasteiger partial charge on any atom is -0.478 e. The Morgan fingerprint density at radius 2 is 1.57 bits per heavy atom. The van der Waals surface area contributed by atoms with Gasteiger partial charge in [-0.1, -0.05) is 32.9 Å². The van der Waals surface area contributed by atoms with Gasteiger partial charge in [-0.05, 0) is 23.1 Å². The molecule has 0 spiro atoms. The Hall–Kier alpha value is 0.326. The van der Waals surface area contributed by atoms with E-state index in [9.17, 15) is 4.79 Å². The first-order valence-electron chi connectivity index (χ1n) is 4.25. The summed E-state index contributed by atoms with van der Waals surface area (Å²) in [5.74, 6) is -0.875. The number of hydrogen-bond acceptors (Lipinski definition) is 1. The summed E-state index contributed by atoms with van der Waals surface area (Å²) in [5, 5.41) is 8.68. The molecule has 0 aliphatic heterocycles. The van der Waals surface area contributed by atoms with Gasteiger partial charge in [0.15, 0.2) is 0 Å². The summed E-state index contributed by atoms with van der Waals surface area (Å²) < 4.78 is 0. The summed E-state index contributed by atoms with van der Waals surface area (Å²) in [6, 6.07) is 7.01. The van der Waals surface area contributed by atoms with E-state index < -0.39 is 5.97 Å². The number of aromatic carboxylic acids is 1. The molecule has 0 saturated carbocycles. The van der Waals surface area contributed by atoms with E-state index in [1.54, 1.807) is 12.1 Å². The van der Waals surface area contributed by atoms with E-state index in [2.05, 4.69) is 20.8 Å². The first-order valence-corrected chi connectivity index (χ1v) is 4.25. The molecule has 1 radical (unpaired) electrons. The van der Waals surface area contributed by atoms with Crippen LogP contribution in [0, 0.1) is 0 Å². The van der Waals surface area contributed by atoms with Crippen molar-refractivity contribution < 1.29 is 9.90 Å². The average Bonchev–Trinajstić information content (AvgIpc) is 2.03. The molecule has 0 unspecified atom stereocenters. The van der Waals surface area contributed by atoms with Crippen LogP contribution in [0.5, 0.6) is 0 Å². The van der Waals surface area contributed by atoms with Gasteiger partial charge in [0, 0.05) is 51.4 Å². The van der Waals surface area contributed by atoms with Gasteiger partial charge in [0.05, 0.1) is 5.56 Å². The molecule has 0 atom stereocenters. The van der Waals surface area contributed by atoms with Crippen LogP contribution in [0.4, 0.5) is 0 Å². The molecule has 1 rings (SSSR count). The summed E-state index contributed by atoms with van der Waals surface area (Å²) in [6.45, 7) is 6.30. The van der Waals surface area contributed by atoms with Crippen LogP contribution in [-0.4, -0.2) is 62.5 Å².